The number of benzene rings is 1. The molecule has 1 saturated heterocycles. The third-order valence-corrected chi connectivity index (χ3v) is 5.65. The van der Waals surface area contributed by atoms with E-state index in [1.54, 1.807) is 24.3 Å². The van der Waals surface area contributed by atoms with E-state index in [4.69, 9.17) is 11.6 Å². The summed E-state index contributed by atoms with van der Waals surface area (Å²) in [6, 6.07) is 10.5. The van der Waals surface area contributed by atoms with Crippen LogP contribution in [0.4, 0.5) is 11.5 Å². The second-order valence-corrected chi connectivity index (χ2v) is 7.50. The van der Waals surface area contributed by atoms with E-state index in [0.29, 0.717) is 23.9 Å². The third-order valence-electron chi connectivity index (χ3n) is 3.54. The van der Waals surface area contributed by atoms with Crippen molar-refractivity contribution in [2.24, 2.45) is 0 Å². The van der Waals surface area contributed by atoms with E-state index in [0.717, 1.165) is 18.5 Å². The lowest BCUT2D eigenvalue weighted by Crippen LogP contribution is -2.27. The Kier molecular flexibility index (Phi) is 4.33. The Hall–Kier alpha value is -1.63. The molecule has 0 bridgehead atoms. The second-order valence-electron chi connectivity index (χ2n) is 5.13. The Bertz CT molecular complexity index is 757. The Morgan fingerprint density at radius 2 is 1.91 bits per heavy atom. The Balaban J connectivity index is 1.78. The Morgan fingerprint density at radius 3 is 2.55 bits per heavy atom. The highest BCUT2D eigenvalue weighted by Gasteiger charge is 2.27. The number of halogens is 1. The topological polar surface area (TPSA) is 62.3 Å². The zero-order valence-electron chi connectivity index (χ0n) is 11.9. The molecule has 0 unspecified atom stereocenters. The van der Waals surface area contributed by atoms with Crippen LogP contribution in [-0.2, 0) is 10.0 Å². The van der Waals surface area contributed by atoms with Gasteiger partial charge in [0, 0.05) is 30.0 Å². The molecule has 0 amide bonds. The molecule has 1 aromatic heterocycles. The number of hydrogen-bond donors (Lipinski definition) is 1. The lowest BCUT2D eigenvalue weighted by atomic mass is 10.3. The van der Waals surface area contributed by atoms with E-state index >= 15 is 0 Å². The summed E-state index contributed by atoms with van der Waals surface area (Å²) in [6.45, 7) is 1.18. The van der Waals surface area contributed by atoms with Crippen molar-refractivity contribution >= 4 is 33.1 Å². The number of pyridine rings is 1. The smallest absolute Gasteiger partial charge is 0.244 e. The van der Waals surface area contributed by atoms with Crippen molar-refractivity contribution in [3.05, 3.63) is 47.6 Å². The van der Waals surface area contributed by atoms with Gasteiger partial charge in [0.15, 0.2) is 0 Å². The molecule has 2 aromatic rings. The largest absolute Gasteiger partial charge is 0.340 e. The van der Waals surface area contributed by atoms with Gasteiger partial charge in [-0.05, 0) is 43.2 Å². The van der Waals surface area contributed by atoms with Crippen LogP contribution in [0.3, 0.4) is 0 Å². The summed E-state index contributed by atoms with van der Waals surface area (Å²) in [5.74, 6) is 0.572. The van der Waals surface area contributed by atoms with Crippen molar-refractivity contribution in [1.82, 2.24) is 9.29 Å². The fourth-order valence-corrected chi connectivity index (χ4v) is 4.05. The number of nitrogens with zero attached hydrogens (tertiary/aromatic N) is 2. The summed E-state index contributed by atoms with van der Waals surface area (Å²) < 4.78 is 26.3. The summed E-state index contributed by atoms with van der Waals surface area (Å²) in [6.07, 6.45) is 3.22. The first-order valence-corrected chi connectivity index (χ1v) is 8.86. The lowest BCUT2D eigenvalue weighted by Gasteiger charge is -2.15. The fraction of sp³-hybridized carbons (Fsp3) is 0.267. The predicted octanol–water partition coefficient (Wildman–Crippen LogP) is 3.26. The zero-order chi connectivity index (χ0) is 15.6. The summed E-state index contributed by atoms with van der Waals surface area (Å²) in [5.41, 5.74) is 0.801. The monoisotopic (exact) mass is 337 g/mol. The van der Waals surface area contributed by atoms with E-state index in [1.807, 2.05) is 12.1 Å². The first-order valence-electron chi connectivity index (χ1n) is 7.04. The molecule has 1 aliphatic heterocycles. The van der Waals surface area contributed by atoms with E-state index in [9.17, 15) is 8.42 Å². The van der Waals surface area contributed by atoms with Crippen LogP contribution in [-0.4, -0.2) is 30.8 Å². The summed E-state index contributed by atoms with van der Waals surface area (Å²) in [7, 11) is -3.41. The lowest BCUT2D eigenvalue weighted by molar-refractivity contribution is 0.477. The molecule has 2 heterocycles. The minimum Gasteiger partial charge on any atom is -0.340 e. The maximum Gasteiger partial charge on any atom is 0.244 e. The second kappa shape index (κ2) is 6.24. The van der Waals surface area contributed by atoms with Gasteiger partial charge in [-0.25, -0.2) is 13.4 Å². The molecule has 1 aromatic carbocycles. The van der Waals surface area contributed by atoms with Gasteiger partial charge in [0.05, 0.1) is 0 Å². The summed E-state index contributed by atoms with van der Waals surface area (Å²) in [5, 5.41) is 3.71. The van der Waals surface area contributed by atoms with E-state index < -0.39 is 10.0 Å². The standard InChI is InChI=1S/C15H16ClN3O2S/c16-12-4-3-5-13(10-12)18-15-7-6-14(11-17-15)22(20,21)19-8-1-2-9-19/h3-7,10-11H,1-2,8-9H2,(H,17,18). The third kappa shape index (κ3) is 3.24. The van der Waals surface area contributed by atoms with Crippen molar-refractivity contribution in [3.63, 3.8) is 0 Å². The molecule has 1 aliphatic rings. The van der Waals surface area contributed by atoms with Crippen LogP contribution in [0, 0.1) is 0 Å². The van der Waals surface area contributed by atoms with Crippen molar-refractivity contribution in [2.45, 2.75) is 17.7 Å². The molecule has 3 rings (SSSR count). The van der Waals surface area contributed by atoms with Crippen molar-refractivity contribution in [1.29, 1.82) is 0 Å². The normalized spacial score (nSPS) is 15.9. The SMILES string of the molecule is O=S(=O)(c1ccc(Nc2cccc(Cl)c2)nc1)N1CCCC1. The molecule has 5 nitrogen and oxygen atoms in total. The maximum absolute atomic E-state index is 12.4. The van der Waals surface area contributed by atoms with Gasteiger partial charge in [0.2, 0.25) is 10.0 Å². The predicted molar refractivity (Wildman–Crippen MR) is 87.0 cm³/mol. The number of nitrogens with one attached hydrogen (secondary N) is 1. The highest BCUT2D eigenvalue weighted by atomic mass is 35.5. The molecule has 0 spiro atoms. The first-order chi connectivity index (χ1) is 10.6. The number of aromatic nitrogens is 1. The highest BCUT2D eigenvalue weighted by molar-refractivity contribution is 7.89. The number of hydrogen-bond acceptors (Lipinski definition) is 4. The zero-order valence-corrected chi connectivity index (χ0v) is 13.4. The van der Waals surface area contributed by atoms with Gasteiger partial charge >= 0.3 is 0 Å². The number of anilines is 2. The molecule has 0 atom stereocenters. The van der Waals surface area contributed by atoms with Crippen LogP contribution >= 0.6 is 11.6 Å². The van der Waals surface area contributed by atoms with Gasteiger partial charge in [0.25, 0.3) is 0 Å². The fourth-order valence-electron chi connectivity index (χ4n) is 2.40. The van der Waals surface area contributed by atoms with Crippen LogP contribution in [0.25, 0.3) is 0 Å². The van der Waals surface area contributed by atoms with Gasteiger partial charge in [-0.2, -0.15) is 4.31 Å². The number of rotatable bonds is 4. The van der Waals surface area contributed by atoms with Crippen LogP contribution in [0.15, 0.2) is 47.5 Å². The summed E-state index contributed by atoms with van der Waals surface area (Å²) >= 11 is 5.92. The van der Waals surface area contributed by atoms with Gasteiger partial charge in [-0.3, -0.25) is 0 Å². The van der Waals surface area contributed by atoms with E-state index in [1.165, 1.54) is 10.5 Å². The molecule has 7 heteroatoms. The highest BCUT2D eigenvalue weighted by Crippen LogP contribution is 2.23. The van der Waals surface area contributed by atoms with Crippen LogP contribution in [0.2, 0.25) is 5.02 Å². The summed E-state index contributed by atoms with van der Waals surface area (Å²) in [4.78, 5) is 4.41. The average Bonchev–Trinajstić information content (AvgIpc) is 3.03. The molecule has 0 radical (unpaired) electrons. The van der Waals surface area contributed by atoms with Crippen LogP contribution in [0.5, 0.6) is 0 Å². The molecule has 22 heavy (non-hydrogen) atoms. The average molecular weight is 338 g/mol. The molecular weight excluding hydrogens is 322 g/mol. The van der Waals surface area contributed by atoms with E-state index in [2.05, 4.69) is 10.3 Å². The minimum atomic E-state index is -3.41. The minimum absolute atomic E-state index is 0.228. The molecule has 116 valence electrons. The van der Waals surface area contributed by atoms with Crippen molar-refractivity contribution in [3.8, 4) is 0 Å². The van der Waals surface area contributed by atoms with E-state index in [-0.39, 0.29) is 4.90 Å². The van der Waals surface area contributed by atoms with Gasteiger partial charge in [-0.1, -0.05) is 17.7 Å². The van der Waals surface area contributed by atoms with Gasteiger partial charge in [0.1, 0.15) is 10.7 Å². The molecule has 0 aliphatic carbocycles. The first kappa shape index (κ1) is 15.3. The van der Waals surface area contributed by atoms with Gasteiger partial charge < -0.3 is 5.32 Å². The van der Waals surface area contributed by atoms with Gasteiger partial charge in [-0.15, -0.1) is 0 Å². The number of sulfonamides is 1. The Morgan fingerprint density at radius 1 is 1.14 bits per heavy atom. The molecular formula is C15H16ClN3O2S. The van der Waals surface area contributed by atoms with Crippen molar-refractivity contribution < 1.29 is 8.42 Å². The van der Waals surface area contributed by atoms with Crippen LogP contribution < -0.4 is 5.32 Å². The maximum atomic E-state index is 12.4. The van der Waals surface area contributed by atoms with Crippen molar-refractivity contribution in [2.75, 3.05) is 18.4 Å². The Labute approximate surface area is 135 Å². The molecule has 1 N–H and O–H groups in total. The molecule has 1 fully saturated rings. The molecule has 0 saturated carbocycles. The quantitative estimate of drug-likeness (QED) is 0.930. The van der Waals surface area contributed by atoms with Crippen LogP contribution in [0.1, 0.15) is 12.8 Å².